The maximum Gasteiger partial charge on any atom is 0.280 e. The summed E-state index contributed by atoms with van der Waals surface area (Å²) in [6.45, 7) is 3.99. The molecule has 0 spiro atoms. The Bertz CT molecular complexity index is 393. The maximum atomic E-state index is 12.4. The van der Waals surface area contributed by atoms with Crippen LogP contribution in [0, 0.1) is 5.92 Å². The van der Waals surface area contributed by atoms with Gasteiger partial charge in [-0.25, -0.2) is 0 Å². The smallest absolute Gasteiger partial charge is 0.280 e. The van der Waals surface area contributed by atoms with Gasteiger partial charge in [-0.05, 0) is 31.6 Å². The molecule has 2 heterocycles. The highest BCUT2D eigenvalue weighted by Gasteiger charge is 2.38. The molecule has 6 nitrogen and oxygen atoms in total. The third-order valence-electron chi connectivity index (χ3n) is 4.06. The van der Waals surface area contributed by atoms with Crippen molar-refractivity contribution in [2.45, 2.75) is 38.1 Å². The zero-order chi connectivity index (χ0) is 13.9. The summed E-state index contributed by atoms with van der Waals surface area (Å²) in [4.78, 5) is 0. The van der Waals surface area contributed by atoms with E-state index < -0.39 is 15.7 Å². The highest BCUT2D eigenvalue weighted by molar-refractivity contribution is 7.87. The van der Waals surface area contributed by atoms with E-state index >= 15 is 0 Å². The third kappa shape index (κ3) is 3.66. The lowest BCUT2D eigenvalue weighted by atomic mass is 9.93. The van der Waals surface area contributed by atoms with Gasteiger partial charge in [0, 0.05) is 26.3 Å². The molecule has 0 aliphatic carbocycles. The first kappa shape index (κ1) is 15.2. The number of piperidine rings is 1. The number of nitrogens with one attached hydrogen (secondary N) is 1. The largest absolute Gasteiger partial charge is 0.394 e. The van der Waals surface area contributed by atoms with Crippen LogP contribution in [0.25, 0.3) is 0 Å². The quantitative estimate of drug-likeness (QED) is 0.770. The van der Waals surface area contributed by atoms with Gasteiger partial charge in [0.1, 0.15) is 0 Å². The number of aliphatic hydroxyl groups is 1. The number of hydrogen-bond donors (Lipinski definition) is 2. The van der Waals surface area contributed by atoms with Crippen molar-refractivity contribution >= 4 is 10.2 Å². The molecule has 1 unspecified atom stereocenters. The summed E-state index contributed by atoms with van der Waals surface area (Å²) in [7, 11) is -3.52. The molecule has 0 radical (unpaired) electrons. The van der Waals surface area contributed by atoms with Gasteiger partial charge in [0.05, 0.1) is 12.1 Å². The second-order valence-corrected chi connectivity index (χ2v) is 7.43. The molecule has 2 N–H and O–H groups in total. The van der Waals surface area contributed by atoms with Crippen LogP contribution in [-0.4, -0.2) is 56.3 Å². The highest BCUT2D eigenvalue weighted by atomic mass is 32.2. The van der Waals surface area contributed by atoms with Crippen LogP contribution in [0.4, 0.5) is 0 Å². The molecule has 2 rings (SSSR count). The molecular weight excluding hydrogens is 268 g/mol. The second-order valence-electron chi connectivity index (χ2n) is 5.76. The van der Waals surface area contributed by atoms with E-state index in [0.29, 0.717) is 45.1 Å². The van der Waals surface area contributed by atoms with Crippen molar-refractivity contribution in [3.8, 4) is 0 Å². The van der Waals surface area contributed by atoms with E-state index in [0.717, 1.165) is 12.8 Å². The SMILES string of the molecule is CC1CCCN(S(=O)(=O)NC2(CO)CCOCC2)C1. The average molecular weight is 292 g/mol. The molecule has 0 aromatic heterocycles. The Hall–Kier alpha value is -0.210. The molecule has 0 aromatic carbocycles. The maximum absolute atomic E-state index is 12.4. The van der Waals surface area contributed by atoms with Crippen LogP contribution in [-0.2, 0) is 14.9 Å². The van der Waals surface area contributed by atoms with Gasteiger partial charge in [-0.1, -0.05) is 6.92 Å². The Morgan fingerprint density at radius 2 is 2.11 bits per heavy atom. The number of hydrogen-bond acceptors (Lipinski definition) is 4. The van der Waals surface area contributed by atoms with Crippen LogP contribution in [0.2, 0.25) is 0 Å². The Morgan fingerprint density at radius 3 is 2.68 bits per heavy atom. The fourth-order valence-corrected chi connectivity index (χ4v) is 4.52. The van der Waals surface area contributed by atoms with Gasteiger partial charge in [-0.2, -0.15) is 17.4 Å². The Kier molecular flexibility index (Phi) is 4.84. The molecule has 1 atom stereocenters. The topological polar surface area (TPSA) is 78.9 Å². The van der Waals surface area contributed by atoms with Gasteiger partial charge in [-0.15, -0.1) is 0 Å². The molecule has 2 fully saturated rings. The van der Waals surface area contributed by atoms with Crippen molar-refractivity contribution in [1.29, 1.82) is 0 Å². The molecule has 0 aromatic rings. The standard InChI is InChI=1S/C12H24N2O4S/c1-11-3-2-6-14(9-11)19(16,17)13-12(10-15)4-7-18-8-5-12/h11,13,15H,2-10H2,1H3. The van der Waals surface area contributed by atoms with Crippen molar-refractivity contribution in [2.75, 3.05) is 32.9 Å². The zero-order valence-corrected chi connectivity index (χ0v) is 12.3. The van der Waals surface area contributed by atoms with Gasteiger partial charge in [0.2, 0.25) is 0 Å². The van der Waals surface area contributed by atoms with Crippen LogP contribution in [0.1, 0.15) is 32.6 Å². The normalized spacial score (nSPS) is 29.3. The van der Waals surface area contributed by atoms with E-state index in [1.807, 2.05) is 0 Å². The minimum Gasteiger partial charge on any atom is -0.394 e. The van der Waals surface area contributed by atoms with Gasteiger partial charge >= 0.3 is 0 Å². The first-order chi connectivity index (χ1) is 8.97. The first-order valence-electron chi connectivity index (χ1n) is 6.95. The van der Waals surface area contributed by atoms with Crippen LogP contribution >= 0.6 is 0 Å². The van der Waals surface area contributed by atoms with E-state index in [1.165, 1.54) is 4.31 Å². The minimum absolute atomic E-state index is 0.182. The van der Waals surface area contributed by atoms with E-state index in [-0.39, 0.29) is 6.61 Å². The van der Waals surface area contributed by atoms with Crippen molar-refractivity contribution in [3.63, 3.8) is 0 Å². The molecule has 19 heavy (non-hydrogen) atoms. The molecule has 2 saturated heterocycles. The van der Waals surface area contributed by atoms with Crippen LogP contribution in [0.3, 0.4) is 0 Å². The molecule has 2 aliphatic heterocycles. The van der Waals surface area contributed by atoms with Crippen molar-refractivity contribution in [1.82, 2.24) is 9.03 Å². The lowest BCUT2D eigenvalue weighted by molar-refractivity contribution is 0.0214. The molecule has 0 amide bonds. The summed E-state index contributed by atoms with van der Waals surface area (Å²) in [5.74, 6) is 0.394. The lowest BCUT2D eigenvalue weighted by Gasteiger charge is -2.39. The van der Waals surface area contributed by atoms with E-state index in [1.54, 1.807) is 0 Å². The van der Waals surface area contributed by atoms with Gasteiger partial charge in [0.25, 0.3) is 10.2 Å². The summed E-state index contributed by atoms with van der Waals surface area (Å²) in [6, 6.07) is 0. The molecule has 0 saturated carbocycles. The average Bonchev–Trinajstić information content (AvgIpc) is 2.39. The van der Waals surface area contributed by atoms with E-state index in [9.17, 15) is 13.5 Å². The number of aliphatic hydroxyl groups excluding tert-OH is 1. The molecular formula is C12H24N2O4S. The van der Waals surface area contributed by atoms with Crippen molar-refractivity contribution in [2.24, 2.45) is 5.92 Å². The molecule has 0 bridgehead atoms. The third-order valence-corrected chi connectivity index (χ3v) is 5.76. The van der Waals surface area contributed by atoms with E-state index in [2.05, 4.69) is 11.6 Å². The summed E-state index contributed by atoms with van der Waals surface area (Å²) in [6.07, 6.45) is 3.01. The lowest BCUT2D eigenvalue weighted by Crippen LogP contribution is -2.58. The van der Waals surface area contributed by atoms with Crippen LogP contribution < -0.4 is 4.72 Å². The van der Waals surface area contributed by atoms with Gasteiger partial charge in [-0.3, -0.25) is 0 Å². The summed E-state index contributed by atoms with van der Waals surface area (Å²) in [5.41, 5.74) is -0.752. The van der Waals surface area contributed by atoms with E-state index in [4.69, 9.17) is 4.74 Å². The Morgan fingerprint density at radius 1 is 1.42 bits per heavy atom. The highest BCUT2D eigenvalue weighted by Crippen LogP contribution is 2.24. The minimum atomic E-state index is -3.52. The van der Waals surface area contributed by atoms with Gasteiger partial charge < -0.3 is 9.84 Å². The first-order valence-corrected chi connectivity index (χ1v) is 8.39. The summed E-state index contributed by atoms with van der Waals surface area (Å²) < 4.78 is 34.3. The number of ether oxygens (including phenoxy) is 1. The van der Waals surface area contributed by atoms with Crippen molar-refractivity contribution < 1.29 is 18.3 Å². The van der Waals surface area contributed by atoms with Crippen LogP contribution in [0.5, 0.6) is 0 Å². The molecule has 7 heteroatoms. The van der Waals surface area contributed by atoms with Crippen LogP contribution in [0.15, 0.2) is 0 Å². The predicted molar refractivity (Wildman–Crippen MR) is 71.9 cm³/mol. The summed E-state index contributed by atoms with van der Waals surface area (Å²) >= 11 is 0. The fraction of sp³-hybridized carbons (Fsp3) is 1.00. The predicted octanol–water partition coefficient (Wildman–Crippen LogP) is 0.0942. The molecule has 2 aliphatic rings. The second kappa shape index (κ2) is 6.05. The van der Waals surface area contributed by atoms with Gasteiger partial charge in [0.15, 0.2) is 0 Å². The Labute approximate surface area is 115 Å². The van der Waals surface area contributed by atoms with Crippen molar-refractivity contribution in [3.05, 3.63) is 0 Å². The number of rotatable bonds is 4. The zero-order valence-electron chi connectivity index (χ0n) is 11.5. The molecule has 112 valence electrons. The summed E-state index contributed by atoms with van der Waals surface area (Å²) in [5, 5.41) is 9.55. The fourth-order valence-electron chi connectivity index (χ4n) is 2.76. The number of nitrogens with zero attached hydrogens (tertiary/aromatic N) is 1. The Balaban J connectivity index is 2.06. The monoisotopic (exact) mass is 292 g/mol.